The van der Waals surface area contributed by atoms with Crippen LogP contribution in [0.4, 0.5) is 0 Å². The van der Waals surface area contributed by atoms with Crippen molar-refractivity contribution in [3.8, 4) is 11.5 Å². The van der Waals surface area contributed by atoms with E-state index in [0.29, 0.717) is 0 Å². The maximum atomic E-state index is 5.51. The van der Waals surface area contributed by atoms with Crippen molar-refractivity contribution in [1.29, 1.82) is 0 Å². The average Bonchev–Trinajstić information content (AvgIpc) is 3.25. The van der Waals surface area contributed by atoms with Crippen molar-refractivity contribution in [3.05, 3.63) is 23.9 Å². The molecule has 0 aliphatic carbocycles. The van der Waals surface area contributed by atoms with Crippen molar-refractivity contribution in [3.63, 3.8) is 0 Å². The second-order valence-corrected chi connectivity index (χ2v) is 8.58. The van der Waals surface area contributed by atoms with Gasteiger partial charge in [-0.3, -0.25) is 4.99 Å². The third kappa shape index (κ3) is 7.33. The monoisotopic (exact) mass is 443 g/mol. The van der Waals surface area contributed by atoms with Gasteiger partial charge in [-0.05, 0) is 64.2 Å². The Kier molecular flexibility index (Phi) is 10.0. The van der Waals surface area contributed by atoms with E-state index < -0.39 is 0 Å². The van der Waals surface area contributed by atoms with Gasteiger partial charge in [0, 0.05) is 43.4 Å². The predicted octanol–water partition coefficient (Wildman–Crippen LogP) is 3.94. The Morgan fingerprint density at radius 1 is 0.969 bits per heavy atom. The molecule has 178 valence electrons. The number of aromatic amines is 1. The summed E-state index contributed by atoms with van der Waals surface area (Å²) in [7, 11) is 5.20. The number of methoxy groups -OCH3 is 2. The maximum Gasteiger partial charge on any atom is 0.190 e. The molecule has 0 amide bonds. The summed E-state index contributed by atoms with van der Waals surface area (Å²) in [6, 6.07) is 6.10. The summed E-state index contributed by atoms with van der Waals surface area (Å²) in [5, 5.41) is 7.96. The van der Waals surface area contributed by atoms with E-state index >= 15 is 0 Å². The van der Waals surface area contributed by atoms with Crippen molar-refractivity contribution < 1.29 is 9.47 Å². The van der Waals surface area contributed by atoms with Crippen LogP contribution in [-0.4, -0.2) is 69.8 Å². The number of aryl methyl sites for hydroxylation is 1. The van der Waals surface area contributed by atoms with E-state index in [4.69, 9.17) is 9.47 Å². The van der Waals surface area contributed by atoms with Gasteiger partial charge in [-0.25, -0.2) is 0 Å². The topological polar surface area (TPSA) is 73.9 Å². The molecular weight excluding hydrogens is 402 g/mol. The number of fused-ring (bicyclic) bond motifs is 1. The first-order valence-electron chi connectivity index (χ1n) is 12.1. The zero-order valence-corrected chi connectivity index (χ0v) is 20.1. The van der Waals surface area contributed by atoms with Crippen LogP contribution in [0.5, 0.6) is 11.5 Å². The van der Waals surface area contributed by atoms with Crippen LogP contribution in [0.25, 0.3) is 10.9 Å². The second-order valence-electron chi connectivity index (χ2n) is 8.58. The van der Waals surface area contributed by atoms with Gasteiger partial charge >= 0.3 is 0 Å². The lowest BCUT2D eigenvalue weighted by Crippen LogP contribution is -2.38. The van der Waals surface area contributed by atoms with E-state index in [2.05, 4.69) is 31.6 Å². The lowest BCUT2D eigenvalue weighted by molar-refractivity contribution is 0.224. The summed E-state index contributed by atoms with van der Waals surface area (Å²) in [6.45, 7) is 5.72. The molecule has 1 aliphatic heterocycles. The van der Waals surface area contributed by atoms with E-state index in [1.165, 1.54) is 63.9 Å². The Hall–Kier alpha value is -2.41. The van der Waals surface area contributed by atoms with Gasteiger partial charge in [-0.1, -0.05) is 12.8 Å². The third-order valence-electron chi connectivity index (χ3n) is 6.22. The van der Waals surface area contributed by atoms with Crippen LogP contribution in [0.1, 0.15) is 50.6 Å². The first kappa shape index (κ1) is 24.2. The number of nitrogens with one attached hydrogen (secondary N) is 3. The molecule has 1 aliphatic rings. The number of ether oxygens (including phenoxy) is 2. The highest BCUT2D eigenvalue weighted by Gasteiger charge is 2.10. The number of aromatic nitrogens is 1. The van der Waals surface area contributed by atoms with Crippen LogP contribution in [0.3, 0.4) is 0 Å². The Balaban J connectivity index is 1.31. The SMILES string of the molecule is CN=C(NCCCCCN1CCCCC1)NCCCc1cc2c(OC)cc(OC)cc2[nH]1. The summed E-state index contributed by atoms with van der Waals surface area (Å²) >= 11 is 0. The first-order chi connectivity index (χ1) is 15.7. The molecule has 7 nitrogen and oxygen atoms in total. The van der Waals surface area contributed by atoms with Crippen LogP contribution in [-0.2, 0) is 6.42 Å². The van der Waals surface area contributed by atoms with E-state index in [-0.39, 0.29) is 0 Å². The molecule has 2 heterocycles. The van der Waals surface area contributed by atoms with Gasteiger partial charge in [-0.2, -0.15) is 0 Å². The lowest BCUT2D eigenvalue weighted by atomic mass is 10.1. The number of piperidine rings is 1. The lowest BCUT2D eigenvalue weighted by Gasteiger charge is -2.26. The molecule has 1 fully saturated rings. The highest BCUT2D eigenvalue weighted by atomic mass is 16.5. The molecule has 1 aromatic heterocycles. The van der Waals surface area contributed by atoms with Crippen LogP contribution in [0.15, 0.2) is 23.2 Å². The molecule has 0 radical (unpaired) electrons. The molecule has 1 saturated heterocycles. The number of H-pyrrole nitrogens is 1. The number of hydrogen-bond acceptors (Lipinski definition) is 4. The molecule has 3 N–H and O–H groups in total. The van der Waals surface area contributed by atoms with Gasteiger partial charge in [0.15, 0.2) is 5.96 Å². The van der Waals surface area contributed by atoms with Crippen molar-refractivity contribution in [2.45, 2.75) is 51.4 Å². The molecule has 0 spiro atoms. The zero-order valence-electron chi connectivity index (χ0n) is 20.1. The summed E-state index contributed by atoms with van der Waals surface area (Å²) in [4.78, 5) is 10.5. The minimum absolute atomic E-state index is 0.797. The number of rotatable bonds is 12. The Labute approximate surface area is 193 Å². The van der Waals surface area contributed by atoms with E-state index in [1.54, 1.807) is 14.2 Å². The number of aliphatic imine (C=N–C) groups is 1. The standard InChI is InChI=1S/C25H41N5O2/c1-26-25(27-12-6-4-7-14-30-15-8-5-9-16-30)28-13-10-11-20-17-22-23(29-20)18-21(31-2)19-24(22)32-3/h17-19,29H,4-16H2,1-3H3,(H2,26,27,28). The molecule has 2 aromatic rings. The van der Waals surface area contributed by atoms with E-state index in [1.807, 2.05) is 19.2 Å². The molecule has 0 unspecified atom stereocenters. The van der Waals surface area contributed by atoms with Gasteiger partial charge in [0.05, 0.1) is 19.7 Å². The number of benzene rings is 1. The summed E-state index contributed by atoms with van der Waals surface area (Å²) in [5.41, 5.74) is 2.24. The van der Waals surface area contributed by atoms with Gasteiger partial charge in [0.25, 0.3) is 0 Å². The minimum Gasteiger partial charge on any atom is -0.497 e. The number of unbranched alkanes of at least 4 members (excludes halogenated alkanes) is 2. The number of nitrogens with zero attached hydrogens (tertiary/aromatic N) is 2. The van der Waals surface area contributed by atoms with Gasteiger partial charge in [0.2, 0.25) is 0 Å². The number of likely N-dealkylation sites (tertiary alicyclic amines) is 1. The molecular formula is C25H41N5O2. The third-order valence-corrected chi connectivity index (χ3v) is 6.22. The Bertz CT molecular complexity index is 842. The van der Waals surface area contributed by atoms with Crippen LogP contribution >= 0.6 is 0 Å². The highest BCUT2D eigenvalue weighted by molar-refractivity contribution is 5.88. The van der Waals surface area contributed by atoms with Gasteiger partial charge in [0.1, 0.15) is 11.5 Å². The molecule has 7 heteroatoms. The van der Waals surface area contributed by atoms with Crippen molar-refractivity contribution >= 4 is 16.9 Å². The fraction of sp³-hybridized carbons (Fsp3) is 0.640. The first-order valence-corrected chi connectivity index (χ1v) is 12.1. The fourth-order valence-corrected chi connectivity index (χ4v) is 4.39. The smallest absolute Gasteiger partial charge is 0.190 e. The van der Waals surface area contributed by atoms with Crippen molar-refractivity contribution in [2.24, 2.45) is 4.99 Å². The molecule has 1 aromatic carbocycles. The number of guanidine groups is 1. The van der Waals surface area contributed by atoms with Crippen molar-refractivity contribution in [2.75, 3.05) is 54.0 Å². The predicted molar refractivity (Wildman–Crippen MR) is 133 cm³/mol. The Morgan fingerprint density at radius 3 is 2.47 bits per heavy atom. The largest absolute Gasteiger partial charge is 0.497 e. The second kappa shape index (κ2) is 13.2. The molecule has 0 saturated carbocycles. The molecule has 0 atom stereocenters. The highest BCUT2D eigenvalue weighted by Crippen LogP contribution is 2.31. The number of hydrogen-bond donors (Lipinski definition) is 3. The minimum atomic E-state index is 0.797. The zero-order chi connectivity index (χ0) is 22.6. The van der Waals surface area contributed by atoms with Crippen LogP contribution in [0.2, 0.25) is 0 Å². The van der Waals surface area contributed by atoms with E-state index in [9.17, 15) is 0 Å². The van der Waals surface area contributed by atoms with Crippen LogP contribution < -0.4 is 20.1 Å². The Morgan fingerprint density at radius 2 is 1.75 bits per heavy atom. The maximum absolute atomic E-state index is 5.51. The molecule has 3 rings (SSSR count). The quantitative estimate of drug-likeness (QED) is 0.263. The van der Waals surface area contributed by atoms with Crippen LogP contribution in [0, 0.1) is 0 Å². The average molecular weight is 444 g/mol. The summed E-state index contributed by atoms with van der Waals surface area (Å²) in [6.07, 6.45) is 9.92. The molecule has 0 bridgehead atoms. The fourth-order valence-electron chi connectivity index (χ4n) is 4.39. The van der Waals surface area contributed by atoms with Gasteiger partial charge in [-0.15, -0.1) is 0 Å². The van der Waals surface area contributed by atoms with Crippen molar-refractivity contribution in [1.82, 2.24) is 20.5 Å². The van der Waals surface area contributed by atoms with E-state index in [0.717, 1.165) is 54.3 Å². The summed E-state index contributed by atoms with van der Waals surface area (Å²) < 4.78 is 10.9. The van der Waals surface area contributed by atoms with Gasteiger partial charge < -0.3 is 30.0 Å². The summed E-state index contributed by atoms with van der Waals surface area (Å²) in [5.74, 6) is 2.52. The normalized spacial score (nSPS) is 15.2. The molecule has 32 heavy (non-hydrogen) atoms.